The predicted molar refractivity (Wildman–Crippen MR) is 78.9 cm³/mol. The summed E-state index contributed by atoms with van der Waals surface area (Å²) >= 11 is 0. The molecule has 0 saturated carbocycles. The Labute approximate surface area is 116 Å². The molecule has 0 radical (unpaired) electrons. The molecule has 3 nitrogen and oxygen atoms in total. The number of hydrogen-bond donors (Lipinski definition) is 2. The van der Waals surface area contributed by atoms with E-state index in [1.807, 2.05) is 0 Å². The average Bonchev–Trinajstić information content (AvgIpc) is 2.86. The molecule has 1 heterocycles. The van der Waals surface area contributed by atoms with Crippen LogP contribution in [0, 0.1) is 13.8 Å². The fourth-order valence-electron chi connectivity index (χ4n) is 2.97. The molecule has 0 aliphatic carbocycles. The van der Waals surface area contributed by atoms with Crippen LogP contribution in [0.3, 0.4) is 0 Å². The first-order chi connectivity index (χ1) is 9.17. The second-order valence-corrected chi connectivity index (χ2v) is 5.78. The molecule has 1 aromatic carbocycles. The minimum absolute atomic E-state index is 0.338. The van der Waals surface area contributed by atoms with E-state index in [1.54, 1.807) is 0 Å². The van der Waals surface area contributed by atoms with Crippen molar-refractivity contribution in [2.45, 2.75) is 58.1 Å². The summed E-state index contributed by atoms with van der Waals surface area (Å²) in [5, 5.41) is 0. The van der Waals surface area contributed by atoms with Crippen LogP contribution < -0.4 is 11.3 Å². The first kappa shape index (κ1) is 14.5. The molecule has 2 atom stereocenters. The molecular weight excluding hydrogens is 236 g/mol. The molecule has 3 heteroatoms. The van der Waals surface area contributed by atoms with Crippen LogP contribution in [0.4, 0.5) is 0 Å². The van der Waals surface area contributed by atoms with E-state index in [2.05, 4.69) is 37.5 Å². The maximum absolute atomic E-state index is 5.69. The Hall–Kier alpha value is -0.900. The molecule has 1 aliphatic rings. The van der Waals surface area contributed by atoms with E-state index in [0.717, 1.165) is 25.9 Å². The Morgan fingerprint density at radius 3 is 2.63 bits per heavy atom. The summed E-state index contributed by atoms with van der Waals surface area (Å²) in [6, 6.07) is 7.05. The van der Waals surface area contributed by atoms with Gasteiger partial charge in [-0.1, -0.05) is 29.3 Å². The highest BCUT2D eigenvalue weighted by atomic mass is 16.5. The van der Waals surface area contributed by atoms with Gasteiger partial charge in [0.2, 0.25) is 0 Å². The van der Waals surface area contributed by atoms with Crippen LogP contribution in [0.5, 0.6) is 0 Å². The predicted octanol–water partition coefficient (Wildman–Crippen LogP) is 2.64. The molecule has 106 valence electrons. The third-order valence-electron chi connectivity index (χ3n) is 3.86. The zero-order valence-electron chi connectivity index (χ0n) is 12.1. The quantitative estimate of drug-likeness (QED) is 0.612. The van der Waals surface area contributed by atoms with Crippen molar-refractivity contribution < 1.29 is 4.74 Å². The van der Waals surface area contributed by atoms with Crippen molar-refractivity contribution in [2.24, 2.45) is 5.84 Å². The van der Waals surface area contributed by atoms with Gasteiger partial charge in [0.25, 0.3) is 0 Å². The maximum atomic E-state index is 5.69. The second kappa shape index (κ2) is 7.04. The molecule has 1 saturated heterocycles. The van der Waals surface area contributed by atoms with Gasteiger partial charge in [0.05, 0.1) is 6.10 Å². The highest BCUT2D eigenvalue weighted by Gasteiger charge is 2.17. The van der Waals surface area contributed by atoms with Crippen molar-refractivity contribution in [3.05, 3.63) is 34.9 Å². The van der Waals surface area contributed by atoms with Gasteiger partial charge in [-0.05, 0) is 51.5 Å². The zero-order valence-corrected chi connectivity index (χ0v) is 12.1. The number of hydrazine groups is 1. The highest BCUT2D eigenvalue weighted by Crippen LogP contribution is 2.19. The van der Waals surface area contributed by atoms with Crippen molar-refractivity contribution in [3.63, 3.8) is 0 Å². The largest absolute Gasteiger partial charge is 0.378 e. The third kappa shape index (κ3) is 4.60. The molecule has 2 unspecified atom stereocenters. The topological polar surface area (TPSA) is 47.3 Å². The fraction of sp³-hybridized carbons (Fsp3) is 0.625. The van der Waals surface area contributed by atoms with Crippen LogP contribution in [-0.2, 0) is 11.2 Å². The lowest BCUT2D eigenvalue weighted by atomic mass is 9.97. The number of aryl methyl sites for hydroxylation is 2. The smallest absolute Gasteiger partial charge is 0.0576 e. The molecule has 0 amide bonds. The van der Waals surface area contributed by atoms with Gasteiger partial charge in [0.1, 0.15) is 0 Å². The minimum Gasteiger partial charge on any atom is -0.378 e. The molecule has 2 rings (SSSR count). The Bertz CT molecular complexity index is 379. The van der Waals surface area contributed by atoms with E-state index in [4.69, 9.17) is 10.6 Å². The number of benzene rings is 1. The first-order valence-electron chi connectivity index (χ1n) is 7.32. The standard InChI is InChI=1S/C16H26N2O/c1-12-8-13(2)10-14(9-12)11-15(18-17)5-6-16-4-3-7-19-16/h8-10,15-16,18H,3-7,11,17H2,1-2H3. The fourth-order valence-corrected chi connectivity index (χ4v) is 2.97. The van der Waals surface area contributed by atoms with Gasteiger partial charge in [-0.25, -0.2) is 0 Å². The van der Waals surface area contributed by atoms with Crippen LogP contribution in [0.1, 0.15) is 42.4 Å². The SMILES string of the molecule is Cc1cc(C)cc(CC(CCC2CCCO2)NN)c1. The third-order valence-corrected chi connectivity index (χ3v) is 3.86. The monoisotopic (exact) mass is 262 g/mol. The summed E-state index contributed by atoms with van der Waals surface area (Å²) in [7, 11) is 0. The molecule has 3 N–H and O–H groups in total. The van der Waals surface area contributed by atoms with E-state index >= 15 is 0 Å². The summed E-state index contributed by atoms with van der Waals surface area (Å²) in [6.45, 7) is 5.23. The lowest BCUT2D eigenvalue weighted by Gasteiger charge is -2.18. The van der Waals surface area contributed by atoms with Gasteiger partial charge >= 0.3 is 0 Å². The van der Waals surface area contributed by atoms with Crippen molar-refractivity contribution in [1.82, 2.24) is 5.43 Å². The van der Waals surface area contributed by atoms with Crippen LogP contribution in [0.15, 0.2) is 18.2 Å². The molecule has 1 aromatic rings. The number of nitrogens with two attached hydrogens (primary N) is 1. The van der Waals surface area contributed by atoms with E-state index in [0.29, 0.717) is 12.1 Å². The first-order valence-corrected chi connectivity index (χ1v) is 7.32. The van der Waals surface area contributed by atoms with Crippen LogP contribution >= 0.6 is 0 Å². The van der Waals surface area contributed by atoms with E-state index < -0.39 is 0 Å². The van der Waals surface area contributed by atoms with Gasteiger partial charge in [-0.3, -0.25) is 11.3 Å². The van der Waals surface area contributed by atoms with Crippen LogP contribution in [-0.4, -0.2) is 18.8 Å². The number of ether oxygens (including phenoxy) is 1. The molecule has 0 bridgehead atoms. The lowest BCUT2D eigenvalue weighted by Crippen LogP contribution is -2.37. The summed E-state index contributed by atoms with van der Waals surface area (Å²) in [6.07, 6.45) is 6.05. The number of rotatable bonds is 6. The van der Waals surface area contributed by atoms with Gasteiger partial charge < -0.3 is 4.74 Å². The Kier molecular flexibility index (Phi) is 5.37. The van der Waals surface area contributed by atoms with Gasteiger partial charge in [-0.2, -0.15) is 0 Å². The second-order valence-electron chi connectivity index (χ2n) is 5.78. The molecular formula is C16H26N2O. The lowest BCUT2D eigenvalue weighted by molar-refractivity contribution is 0.0996. The molecule has 0 spiro atoms. The summed E-state index contributed by atoms with van der Waals surface area (Å²) < 4.78 is 5.67. The Morgan fingerprint density at radius 2 is 2.05 bits per heavy atom. The minimum atomic E-state index is 0.338. The normalized spacial score (nSPS) is 20.7. The van der Waals surface area contributed by atoms with E-state index in [9.17, 15) is 0 Å². The van der Waals surface area contributed by atoms with Crippen molar-refractivity contribution in [1.29, 1.82) is 0 Å². The maximum Gasteiger partial charge on any atom is 0.0576 e. The van der Waals surface area contributed by atoms with Crippen molar-refractivity contribution >= 4 is 0 Å². The van der Waals surface area contributed by atoms with Gasteiger partial charge in [0.15, 0.2) is 0 Å². The van der Waals surface area contributed by atoms with E-state index in [-0.39, 0.29) is 0 Å². The summed E-state index contributed by atoms with van der Waals surface area (Å²) in [4.78, 5) is 0. The molecule has 19 heavy (non-hydrogen) atoms. The van der Waals surface area contributed by atoms with Gasteiger partial charge in [0, 0.05) is 12.6 Å². The summed E-state index contributed by atoms with van der Waals surface area (Å²) in [5.74, 6) is 5.69. The zero-order chi connectivity index (χ0) is 13.7. The van der Waals surface area contributed by atoms with Crippen molar-refractivity contribution in [3.8, 4) is 0 Å². The van der Waals surface area contributed by atoms with Crippen LogP contribution in [0.2, 0.25) is 0 Å². The Balaban J connectivity index is 1.86. The van der Waals surface area contributed by atoms with Crippen LogP contribution in [0.25, 0.3) is 0 Å². The van der Waals surface area contributed by atoms with Gasteiger partial charge in [-0.15, -0.1) is 0 Å². The average molecular weight is 262 g/mol. The van der Waals surface area contributed by atoms with Crippen molar-refractivity contribution in [2.75, 3.05) is 6.61 Å². The summed E-state index contributed by atoms with van der Waals surface area (Å²) in [5.41, 5.74) is 6.97. The molecule has 1 fully saturated rings. The number of nitrogens with one attached hydrogen (secondary N) is 1. The number of hydrogen-bond acceptors (Lipinski definition) is 3. The Morgan fingerprint density at radius 1 is 1.32 bits per heavy atom. The molecule has 1 aliphatic heterocycles. The highest BCUT2D eigenvalue weighted by molar-refractivity contribution is 5.29. The molecule has 0 aromatic heterocycles. The van der Waals surface area contributed by atoms with E-state index in [1.165, 1.54) is 29.5 Å².